The number of fused-ring (bicyclic) bond motifs is 1. The Hall–Kier alpha value is -1.86. The van der Waals surface area contributed by atoms with Crippen LogP contribution in [0.15, 0.2) is 34.3 Å². The van der Waals surface area contributed by atoms with Gasteiger partial charge in [0.05, 0.1) is 6.54 Å². The van der Waals surface area contributed by atoms with Crippen LogP contribution in [0.25, 0.3) is 5.78 Å². The molecule has 0 saturated carbocycles. The lowest BCUT2D eigenvalue weighted by atomic mass is 10.2. The first-order valence-corrected chi connectivity index (χ1v) is 8.36. The zero-order valence-corrected chi connectivity index (χ0v) is 13.7. The van der Waals surface area contributed by atoms with E-state index in [2.05, 4.69) is 15.1 Å². The van der Waals surface area contributed by atoms with Crippen molar-refractivity contribution in [2.75, 3.05) is 6.26 Å². The molecule has 22 heavy (non-hydrogen) atoms. The van der Waals surface area contributed by atoms with Crippen LogP contribution >= 0.6 is 23.4 Å². The molecule has 0 aliphatic rings. The molecule has 3 aromatic heterocycles. The van der Waals surface area contributed by atoms with Crippen LogP contribution in [0, 0.1) is 0 Å². The molecule has 3 aromatic rings. The monoisotopic (exact) mass is 335 g/mol. The fourth-order valence-corrected chi connectivity index (χ4v) is 2.70. The van der Waals surface area contributed by atoms with Crippen molar-refractivity contribution in [1.29, 1.82) is 0 Å². The standard InChI is InChI=1S/C14H14ClN5OS/c1-3-10-6-12(21)20-14(17-13(18-20)22-2)19(10)8-9-4-5-11(15)16-7-9/h4-7H,3,8H2,1-2H3. The van der Waals surface area contributed by atoms with Gasteiger partial charge in [-0.25, -0.2) is 4.98 Å². The summed E-state index contributed by atoms with van der Waals surface area (Å²) in [6, 6.07) is 5.27. The van der Waals surface area contributed by atoms with E-state index in [0.717, 1.165) is 17.7 Å². The molecule has 0 aliphatic heterocycles. The molecule has 0 N–H and O–H groups in total. The number of aromatic nitrogens is 5. The highest BCUT2D eigenvalue weighted by molar-refractivity contribution is 7.98. The third-order valence-corrected chi connectivity index (χ3v) is 4.09. The molecule has 3 rings (SSSR count). The topological polar surface area (TPSA) is 65.1 Å². The van der Waals surface area contributed by atoms with Gasteiger partial charge in [0.1, 0.15) is 5.15 Å². The highest BCUT2D eigenvalue weighted by atomic mass is 35.5. The van der Waals surface area contributed by atoms with Gasteiger partial charge >= 0.3 is 0 Å². The highest BCUT2D eigenvalue weighted by Crippen LogP contribution is 2.14. The van der Waals surface area contributed by atoms with Crippen LogP contribution in [0.1, 0.15) is 18.2 Å². The van der Waals surface area contributed by atoms with Crippen molar-refractivity contribution >= 4 is 29.1 Å². The molecule has 0 radical (unpaired) electrons. The van der Waals surface area contributed by atoms with Gasteiger partial charge in [0.2, 0.25) is 10.9 Å². The van der Waals surface area contributed by atoms with Crippen LogP contribution in [-0.4, -0.2) is 30.4 Å². The summed E-state index contributed by atoms with van der Waals surface area (Å²) >= 11 is 7.23. The van der Waals surface area contributed by atoms with Gasteiger partial charge in [-0.3, -0.25) is 4.79 Å². The number of halogens is 1. The van der Waals surface area contributed by atoms with Gasteiger partial charge in [0.15, 0.2) is 0 Å². The minimum Gasteiger partial charge on any atom is -0.309 e. The van der Waals surface area contributed by atoms with Gasteiger partial charge in [-0.2, -0.15) is 9.50 Å². The van der Waals surface area contributed by atoms with E-state index >= 15 is 0 Å². The lowest BCUT2D eigenvalue weighted by Crippen LogP contribution is -2.21. The van der Waals surface area contributed by atoms with E-state index in [9.17, 15) is 4.79 Å². The zero-order chi connectivity index (χ0) is 15.7. The van der Waals surface area contributed by atoms with Gasteiger partial charge in [0.25, 0.3) is 5.56 Å². The number of rotatable bonds is 4. The Morgan fingerprint density at radius 1 is 1.36 bits per heavy atom. The predicted octanol–water partition coefficient (Wildman–Crippen LogP) is 2.27. The van der Waals surface area contributed by atoms with E-state index < -0.39 is 0 Å². The number of aryl methyl sites for hydroxylation is 1. The summed E-state index contributed by atoms with van der Waals surface area (Å²) in [5, 5.41) is 5.25. The molecule has 3 heterocycles. The SMILES string of the molecule is CCc1cc(=O)n2nc(SC)nc2n1Cc1ccc(Cl)nc1. The van der Waals surface area contributed by atoms with Crippen molar-refractivity contribution in [3.63, 3.8) is 0 Å². The Morgan fingerprint density at radius 2 is 2.18 bits per heavy atom. The van der Waals surface area contributed by atoms with E-state index in [-0.39, 0.29) is 5.56 Å². The molecule has 6 nitrogen and oxygen atoms in total. The number of nitrogens with zero attached hydrogens (tertiary/aromatic N) is 5. The lowest BCUT2D eigenvalue weighted by molar-refractivity contribution is 0.707. The average Bonchev–Trinajstić information content (AvgIpc) is 2.97. The maximum Gasteiger partial charge on any atom is 0.275 e. The lowest BCUT2D eigenvalue weighted by Gasteiger charge is -2.12. The van der Waals surface area contributed by atoms with Crippen LogP contribution in [0.4, 0.5) is 0 Å². The maximum absolute atomic E-state index is 12.1. The summed E-state index contributed by atoms with van der Waals surface area (Å²) in [5.41, 5.74) is 1.73. The van der Waals surface area contributed by atoms with E-state index in [1.54, 1.807) is 18.3 Å². The summed E-state index contributed by atoms with van der Waals surface area (Å²) in [7, 11) is 0. The second-order valence-corrected chi connectivity index (χ2v) is 5.87. The molecule has 0 aliphatic carbocycles. The van der Waals surface area contributed by atoms with Crippen molar-refractivity contribution in [2.24, 2.45) is 0 Å². The molecule has 0 fully saturated rings. The van der Waals surface area contributed by atoms with Gasteiger partial charge < -0.3 is 4.57 Å². The van der Waals surface area contributed by atoms with Crippen molar-refractivity contribution in [1.82, 2.24) is 24.1 Å². The first kappa shape index (κ1) is 15.1. The predicted molar refractivity (Wildman–Crippen MR) is 86.8 cm³/mol. The molecule has 0 amide bonds. The van der Waals surface area contributed by atoms with Gasteiger partial charge in [-0.15, -0.1) is 5.10 Å². The number of pyridine rings is 1. The summed E-state index contributed by atoms with van der Waals surface area (Å²) in [4.78, 5) is 20.7. The second kappa shape index (κ2) is 6.10. The van der Waals surface area contributed by atoms with Crippen molar-refractivity contribution in [2.45, 2.75) is 25.0 Å². The van der Waals surface area contributed by atoms with E-state index in [4.69, 9.17) is 11.6 Å². The van der Waals surface area contributed by atoms with Crippen molar-refractivity contribution in [3.8, 4) is 0 Å². The van der Waals surface area contributed by atoms with Crippen molar-refractivity contribution < 1.29 is 0 Å². The molecular weight excluding hydrogens is 322 g/mol. The van der Waals surface area contributed by atoms with Gasteiger partial charge in [-0.05, 0) is 24.3 Å². The Kier molecular flexibility index (Phi) is 4.17. The summed E-state index contributed by atoms with van der Waals surface area (Å²) in [5.74, 6) is 0.545. The third-order valence-electron chi connectivity index (χ3n) is 3.33. The number of hydrogen-bond donors (Lipinski definition) is 0. The second-order valence-electron chi connectivity index (χ2n) is 4.71. The summed E-state index contributed by atoms with van der Waals surface area (Å²) in [6.45, 7) is 2.57. The minimum absolute atomic E-state index is 0.162. The average molecular weight is 336 g/mol. The van der Waals surface area contributed by atoms with Crippen LogP contribution in [0.2, 0.25) is 5.15 Å². The molecule has 0 unspecified atom stereocenters. The van der Waals surface area contributed by atoms with Crippen molar-refractivity contribution in [3.05, 3.63) is 51.2 Å². The molecule has 0 saturated heterocycles. The molecule has 0 bridgehead atoms. The van der Waals surface area contributed by atoms with E-state index in [0.29, 0.717) is 22.6 Å². The largest absolute Gasteiger partial charge is 0.309 e. The van der Waals surface area contributed by atoms with E-state index in [1.165, 1.54) is 16.3 Å². The summed E-state index contributed by atoms with van der Waals surface area (Å²) < 4.78 is 3.33. The minimum atomic E-state index is -0.162. The molecule has 0 atom stereocenters. The molecule has 8 heteroatoms. The van der Waals surface area contributed by atoms with Crippen LogP contribution < -0.4 is 5.56 Å². The van der Waals surface area contributed by atoms with Gasteiger partial charge in [0, 0.05) is 18.0 Å². The Morgan fingerprint density at radius 3 is 2.82 bits per heavy atom. The Balaban J connectivity index is 2.17. The quantitative estimate of drug-likeness (QED) is 0.540. The van der Waals surface area contributed by atoms with E-state index in [1.807, 2.05) is 23.8 Å². The molecule has 0 aromatic carbocycles. The fraction of sp³-hybridized carbons (Fsp3) is 0.286. The molecule has 0 spiro atoms. The first-order chi connectivity index (χ1) is 10.6. The molecule has 114 valence electrons. The normalized spacial score (nSPS) is 11.2. The first-order valence-electron chi connectivity index (χ1n) is 6.76. The fourth-order valence-electron chi connectivity index (χ4n) is 2.25. The molecular formula is C14H14ClN5OS. The Bertz CT molecular complexity index is 871. The zero-order valence-electron chi connectivity index (χ0n) is 12.2. The Labute approximate surface area is 136 Å². The van der Waals surface area contributed by atoms with Crippen LogP contribution in [0.3, 0.4) is 0 Å². The van der Waals surface area contributed by atoms with Crippen LogP contribution in [0.5, 0.6) is 0 Å². The summed E-state index contributed by atoms with van der Waals surface area (Å²) in [6.07, 6.45) is 4.34. The van der Waals surface area contributed by atoms with Gasteiger partial charge in [-0.1, -0.05) is 36.4 Å². The maximum atomic E-state index is 12.1. The number of thioether (sulfide) groups is 1. The highest BCUT2D eigenvalue weighted by Gasteiger charge is 2.13. The smallest absolute Gasteiger partial charge is 0.275 e. The number of hydrogen-bond acceptors (Lipinski definition) is 5. The third kappa shape index (κ3) is 2.74. The van der Waals surface area contributed by atoms with Crippen LogP contribution in [-0.2, 0) is 13.0 Å².